The molecule has 0 saturated heterocycles. The van der Waals surface area contributed by atoms with E-state index in [-0.39, 0.29) is 6.79 Å². The molecule has 0 saturated carbocycles. The van der Waals surface area contributed by atoms with E-state index < -0.39 is 0 Å². The van der Waals surface area contributed by atoms with E-state index in [1.165, 1.54) is 9.11 Å². The summed E-state index contributed by atoms with van der Waals surface area (Å²) in [6.45, 7) is 0.289. The first-order valence-electron chi connectivity index (χ1n) is 5.08. The van der Waals surface area contributed by atoms with Crippen LogP contribution in [0.15, 0.2) is 35.7 Å². The van der Waals surface area contributed by atoms with Crippen LogP contribution in [0.2, 0.25) is 0 Å². The van der Waals surface area contributed by atoms with Gasteiger partial charge in [-0.25, -0.2) is 0 Å². The van der Waals surface area contributed by atoms with Crippen molar-refractivity contribution < 1.29 is 9.47 Å². The molecule has 2 rings (SSSR count). The van der Waals surface area contributed by atoms with Crippen molar-refractivity contribution >= 4 is 32.6 Å². The molecule has 0 unspecified atom stereocenters. The van der Waals surface area contributed by atoms with Gasteiger partial charge >= 0.3 is 109 Å². The first kappa shape index (κ1) is 11.8. The van der Waals surface area contributed by atoms with Gasteiger partial charge in [0.05, 0.1) is 0 Å². The van der Waals surface area contributed by atoms with Crippen molar-refractivity contribution in [3.63, 3.8) is 0 Å². The molecule has 0 spiro atoms. The van der Waals surface area contributed by atoms with Gasteiger partial charge in [-0.1, -0.05) is 0 Å². The maximum absolute atomic E-state index is 5.60. The third-order valence-electron chi connectivity index (χ3n) is 2.32. The fourth-order valence-corrected chi connectivity index (χ4v) is 2.37. The van der Waals surface area contributed by atoms with Crippen LogP contribution in [0.5, 0.6) is 5.75 Å². The van der Waals surface area contributed by atoms with Crippen molar-refractivity contribution in [1.82, 2.24) is 0 Å². The summed E-state index contributed by atoms with van der Waals surface area (Å²) in [5, 5.41) is 2.12. The number of rotatable bonds is 4. The van der Waals surface area contributed by atoms with Crippen LogP contribution in [-0.4, -0.2) is 31.6 Å². The van der Waals surface area contributed by atoms with Crippen molar-refractivity contribution in [1.29, 1.82) is 0 Å². The second-order valence-corrected chi connectivity index (χ2v) is 4.54. The molecule has 0 fully saturated rings. The molecule has 0 aliphatic carbocycles. The minimum absolute atomic E-state index is 0.289. The number of hydrogen-bond acceptors (Lipinski definition) is 3. The van der Waals surface area contributed by atoms with Crippen molar-refractivity contribution in [3.05, 3.63) is 35.7 Å². The molecule has 2 nitrogen and oxygen atoms in total. The molecule has 0 N–H and O–H groups in total. The Morgan fingerprint density at radius 1 is 1.25 bits per heavy atom. The molecule has 0 atom stereocenters. The van der Waals surface area contributed by atoms with Gasteiger partial charge in [-0.15, -0.1) is 0 Å². The summed E-state index contributed by atoms with van der Waals surface area (Å²) in [5.74, 6) is 0.929. The Hall–Kier alpha value is -0.723. The van der Waals surface area contributed by atoms with Gasteiger partial charge in [-0.2, -0.15) is 0 Å². The van der Waals surface area contributed by atoms with Crippen molar-refractivity contribution in [2.24, 2.45) is 0 Å². The standard InChI is InChI=1S/C12H11O2S.Li/c1-13-9-14-12-8-15-7-11(12)10-5-3-2-4-6-10;/h2-7H,9H2,1H3;. The second-order valence-electron chi connectivity index (χ2n) is 3.45. The minimum atomic E-state index is 0.289. The van der Waals surface area contributed by atoms with E-state index in [4.69, 9.17) is 9.47 Å². The van der Waals surface area contributed by atoms with E-state index in [0.29, 0.717) is 0 Å². The topological polar surface area (TPSA) is 18.5 Å². The van der Waals surface area contributed by atoms with Crippen LogP contribution in [-0.2, 0) is 4.74 Å². The Balaban J connectivity index is 2.34. The second kappa shape index (κ2) is 5.56. The Bertz CT molecular complexity index is 453. The maximum atomic E-state index is 5.60. The van der Waals surface area contributed by atoms with Crippen LogP contribution in [0.3, 0.4) is 0 Å². The molecular weight excluding hydrogens is 215 g/mol. The van der Waals surface area contributed by atoms with Gasteiger partial charge in [0.2, 0.25) is 0 Å². The number of hydrogen-bond donors (Lipinski definition) is 0. The van der Waals surface area contributed by atoms with Gasteiger partial charge in [0.1, 0.15) is 0 Å². The SMILES string of the molecule is [Li][c]1scc(-c2ccccc2)c1OCOC. The summed E-state index contributed by atoms with van der Waals surface area (Å²) >= 11 is 3.75. The van der Waals surface area contributed by atoms with E-state index in [0.717, 1.165) is 11.3 Å². The Labute approximate surface area is 108 Å². The number of ether oxygens (including phenoxy) is 2. The molecule has 0 aliphatic rings. The molecule has 0 aliphatic heterocycles. The number of thiophene rings is 1. The summed E-state index contributed by atoms with van der Waals surface area (Å²) in [4.78, 5) is 0. The molecule has 78 valence electrons. The van der Waals surface area contributed by atoms with Crippen LogP contribution in [0.4, 0.5) is 0 Å². The zero-order chi connectivity index (χ0) is 11.4. The molecule has 1 aromatic carbocycles. The summed E-state index contributed by atoms with van der Waals surface area (Å²) in [7, 11) is 1.63. The van der Waals surface area contributed by atoms with Crippen LogP contribution in [0.25, 0.3) is 11.1 Å². The first-order valence-corrected chi connectivity index (χ1v) is 5.96. The molecule has 1 heterocycles. The van der Waals surface area contributed by atoms with Crippen LogP contribution < -0.4 is 8.29 Å². The van der Waals surface area contributed by atoms with Crippen LogP contribution in [0, 0.1) is 0 Å². The molecule has 4 heteroatoms. The van der Waals surface area contributed by atoms with E-state index in [1.807, 2.05) is 18.2 Å². The number of benzene rings is 1. The third kappa shape index (κ3) is 2.50. The van der Waals surface area contributed by atoms with Gasteiger partial charge in [0, 0.05) is 0 Å². The summed E-state index contributed by atoms with van der Waals surface area (Å²) < 4.78 is 11.7. The van der Waals surface area contributed by atoms with E-state index in [1.54, 1.807) is 18.4 Å². The summed E-state index contributed by atoms with van der Waals surface area (Å²) in [5.41, 5.74) is 2.32. The van der Waals surface area contributed by atoms with Gasteiger partial charge in [0.15, 0.2) is 0 Å². The molecule has 2 aromatic rings. The summed E-state index contributed by atoms with van der Waals surface area (Å²) in [6.07, 6.45) is 0. The van der Waals surface area contributed by atoms with Crippen LogP contribution >= 0.6 is 11.3 Å². The van der Waals surface area contributed by atoms with Gasteiger partial charge in [-0.3, -0.25) is 0 Å². The zero-order valence-electron chi connectivity index (χ0n) is 9.40. The third-order valence-corrected chi connectivity index (χ3v) is 3.22. The average molecular weight is 226 g/mol. The Morgan fingerprint density at radius 3 is 2.69 bits per heavy atom. The molecule has 1 aromatic heterocycles. The van der Waals surface area contributed by atoms with Gasteiger partial charge in [0.25, 0.3) is 0 Å². The predicted molar refractivity (Wildman–Crippen MR) is 67.6 cm³/mol. The molecule has 0 radical (unpaired) electrons. The first-order chi connectivity index (χ1) is 7.83. The normalized spacial score (nSPS) is 10.4. The zero-order valence-corrected chi connectivity index (χ0v) is 10.2. The fourth-order valence-electron chi connectivity index (χ4n) is 1.56. The van der Waals surface area contributed by atoms with Crippen molar-refractivity contribution in [2.45, 2.75) is 0 Å². The Kier molecular flexibility index (Phi) is 4.08. The number of methoxy groups -OCH3 is 1. The quantitative estimate of drug-likeness (QED) is 0.587. The Morgan fingerprint density at radius 2 is 2.00 bits per heavy atom. The monoisotopic (exact) mass is 226 g/mol. The summed E-state index contributed by atoms with van der Waals surface area (Å²) in [6, 6.07) is 10.2. The van der Waals surface area contributed by atoms with Crippen molar-refractivity contribution in [3.8, 4) is 16.9 Å². The van der Waals surface area contributed by atoms with Crippen LogP contribution in [0.1, 0.15) is 0 Å². The molecular formula is C12H11LiO2S. The average Bonchev–Trinajstić information content (AvgIpc) is 2.69. The molecule has 16 heavy (non-hydrogen) atoms. The molecule has 0 bridgehead atoms. The predicted octanol–water partition coefficient (Wildman–Crippen LogP) is 2.19. The van der Waals surface area contributed by atoms with Crippen molar-refractivity contribution in [2.75, 3.05) is 13.9 Å². The van der Waals surface area contributed by atoms with Gasteiger partial charge in [-0.05, 0) is 0 Å². The van der Waals surface area contributed by atoms with E-state index in [9.17, 15) is 0 Å². The van der Waals surface area contributed by atoms with Gasteiger partial charge < -0.3 is 0 Å². The van der Waals surface area contributed by atoms with E-state index in [2.05, 4.69) is 35.2 Å². The molecule has 0 amide bonds. The van der Waals surface area contributed by atoms with E-state index >= 15 is 0 Å². The fraction of sp³-hybridized carbons (Fsp3) is 0.167.